The Hall–Kier alpha value is -1.46. The standard InChI is InChI=1S/C25H46N2O12/c28-12-14-20(32)22(34)18(24(36)38-14)26-16(30)10-8-6-4-2-1-3-5-7-9-11-17(31)27-19-23(35)21(33)15(13-29)39-25(19)37/h14-15,18-25,28-29,32-37H,1-13H2,(H,26,30)(H,27,31)/t14-,15-,18-,19-,20-,21-,22-,23-,24+,25+/m1/s1. The van der Waals surface area contributed by atoms with E-state index in [0.717, 1.165) is 44.9 Å². The zero-order valence-electron chi connectivity index (χ0n) is 22.2. The molecule has 2 heterocycles. The molecular weight excluding hydrogens is 520 g/mol. The van der Waals surface area contributed by atoms with Gasteiger partial charge >= 0.3 is 0 Å². The molecule has 0 spiro atoms. The first-order valence-electron chi connectivity index (χ1n) is 13.8. The van der Waals surface area contributed by atoms with Gasteiger partial charge < -0.3 is 61.0 Å². The Morgan fingerprint density at radius 3 is 1.13 bits per heavy atom. The molecule has 2 aliphatic rings. The number of aliphatic hydroxyl groups is 8. The van der Waals surface area contributed by atoms with Crippen LogP contribution in [0.25, 0.3) is 0 Å². The first kappa shape index (κ1) is 33.7. The topological polar surface area (TPSA) is 238 Å². The Kier molecular flexibility index (Phi) is 15.0. The molecule has 0 saturated carbocycles. The second kappa shape index (κ2) is 17.4. The van der Waals surface area contributed by atoms with Crippen molar-refractivity contribution < 1.29 is 59.9 Å². The van der Waals surface area contributed by atoms with Crippen molar-refractivity contribution in [2.24, 2.45) is 0 Å². The van der Waals surface area contributed by atoms with Crippen molar-refractivity contribution in [3.8, 4) is 0 Å². The van der Waals surface area contributed by atoms with Gasteiger partial charge in [0.2, 0.25) is 11.8 Å². The Bertz CT molecular complexity index is 673. The number of nitrogens with one attached hydrogen (secondary N) is 2. The van der Waals surface area contributed by atoms with Gasteiger partial charge in [0, 0.05) is 12.8 Å². The summed E-state index contributed by atoms with van der Waals surface area (Å²) < 4.78 is 10.0. The Morgan fingerprint density at radius 2 is 0.821 bits per heavy atom. The number of hydrogen-bond donors (Lipinski definition) is 10. The van der Waals surface area contributed by atoms with E-state index < -0.39 is 74.5 Å². The van der Waals surface area contributed by atoms with Crippen LogP contribution in [-0.4, -0.2) is 127 Å². The van der Waals surface area contributed by atoms with E-state index in [1.54, 1.807) is 0 Å². The van der Waals surface area contributed by atoms with Crippen molar-refractivity contribution in [3.05, 3.63) is 0 Å². The van der Waals surface area contributed by atoms with E-state index in [4.69, 9.17) is 19.7 Å². The molecule has 10 N–H and O–H groups in total. The van der Waals surface area contributed by atoms with Gasteiger partial charge in [0.1, 0.15) is 48.7 Å². The molecule has 0 unspecified atom stereocenters. The van der Waals surface area contributed by atoms with Gasteiger partial charge in [-0.25, -0.2) is 0 Å². The summed E-state index contributed by atoms with van der Waals surface area (Å²) in [6.45, 7) is -1.14. The molecule has 0 bridgehead atoms. The maximum atomic E-state index is 12.1. The molecule has 2 fully saturated rings. The van der Waals surface area contributed by atoms with E-state index in [2.05, 4.69) is 10.6 Å². The van der Waals surface area contributed by atoms with E-state index in [0.29, 0.717) is 12.8 Å². The molecule has 2 aliphatic heterocycles. The quantitative estimate of drug-likeness (QED) is 0.0847. The summed E-state index contributed by atoms with van der Waals surface area (Å²) in [5.74, 6) is -0.739. The Balaban J connectivity index is 1.46. The fourth-order valence-corrected chi connectivity index (χ4v) is 4.83. The summed E-state index contributed by atoms with van der Waals surface area (Å²) in [6, 6.07) is -2.35. The smallest absolute Gasteiger partial charge is 0.220 e. The zero-order valence-corrected chi connectivity index (χ0v) is 22.2. The minimum absolute atomic E-state index is 0.208. The van der Waals surface area contributed by atoms with Crippen molar-refractivity contribution >= 4 is 11.8 Å². The van der Waals surface area contributed by atoms with Crippen LogP contribution in [0.1, 0.15) is 70.6 Å². The molecule has 14 nitrogen and oxygen atoms in total. The molecule has 0 radical (unpaired) electrons. The third-order valence-electron chi connectivity index (χ3n) is 7.26. The minimum Gasteiger partial charge on any atom is -0.394 e. The van der Waals surface area contributed by atoms with Gasteiger partial charge in [0.15, 0.2) is 12.6 Å². The van der Waals surface area contributed by atoms with Crippen LogP contribution >= 0.6 is 0 Å². The Labute approximate surface area is 227 Å². The largest absolute Gasteiger partial charge is 0.394 e. The number of carbonyl (C=O) groups excluding carboxylic acids is 2. The van der Waals surface area contributed by atoms with E-state index in [1.165, 1.54) is 0 Å². The maximum Gasteiger partial charge on any atom is 0.220 e. The molecule has 0 aromatic heterocycles. The number of rotatable bonds is 16. The predicted molar refractivity (Wildman–Crippen MR) is 135 cm³/mol. The van der Waals surface area contributed by atoms with Crippen molar-refractivity contribution in [1.82, 2.24) is 10.6 Å². The van der Waals surface area contributed by atoms with Crippen molar-refractivity contribution in [2.75, 3.05) is 13.2 Å². The van der Waals surface area contributed by atoms with Gasteiger partial charge in [0.25, 0.3) is 0 Å². The summed E-state index contributed by atoms with van der Waals surface area (Å²) in [4.78, 5) is 24.3. The number of ether oxygens (including phenoxy) is 2. The number of amides is 2. The van der Waals surface area contributed by atoms with Crippen molar-refractivity contribution in [2.45, 2.75) is 132 Å². The van der Waals surface area contributed by atoms with Gasteiger partial charge in [-0.2, -0.15) is 0 Å². The number of hydrogen-bond acceptors (Lipinski definition) is 12. The lowest BCUT2D eigenvalue weighted by Gasteiger charge is -2.40. The normalized spacial score (nSPS) is 35.0. The minimum atomic E-state index is -1.53. The molecular formula is C25H46N2O12. The highest BCUT2D eigenvalue weighted by Gasteiger charge is 2.45. The van der Waals surface area contributed by atoms with Gasteiger partial charge in [-0.05, 0) is 12.8 Å². The summed E-state index contributed by atoms with van der Waals surface area (Å²) >= 11 is 0. The van der Waals surface area contributed by atoms with E-state index in [-0.39, 0.29) is 24.7 Å². The fourth-order valence-electron chi connectivity index (χ4n) is 4.83. The lowest BCUT2D eigenvalue weighted by atomic mass is 9.97. The molecule has 0 aromatic rings. The van der Waals surface area contributed by atoms with Crippen molar-refractivity contribution in [3.63, 3.8) is 0 Å². The zero-order chi connectivity index (χ0) is 28.9. The van der Waals surface area contributed by atoms with E-state index in [1.807, 2.05) is 0 Å². The third-order valence-corrected chi connectivity index (χ3v) is 7.26. The van der Waals surface area contributed by atoms with Crippen LogP contribution in [0, 0.1) is 0 Å². The molecule has 228 valence electrons. The number of carbonyl (C=O) groups is 2. The van der Waals surface area contributed by atoms with Crippen LogP contribution in [0.3, 0.4) is 0 Å². The number of aliphatic hydroxyl groups excluding tert-OH is 8. The lowest BCUT2D eigenvalue weighted by molar-refractivity contribution is -0.253. The summed E-state index contributed by atoms with van der Waals surface area (Å²) in [6.07, 6.45) is -2.77. The monoisotopic (exact) mass is 566 g/mol. The SMILES string of the molecule is O=C(CCCCCCCCCCCC(=O)N[C@@H]1[C@@H](O)[C@H](O)[C@@H](CO)O[C@@H]1O)N[C@@H]1[C@@H](O)[C@H](O)[C@@H](CO)O[C@@H]1O. The highest BCUT2D eigenvalue weighted by atomic mass is 16.6. The van der Waals surface area contributed by atoms with Crippen LogP contribution in [-0.2, 0) is 19.1 Å². The molecule has 2 saturated heterocycles. The van der Waals surface area contributed by atoms with Crippen LogP contribution in [0.2, 0.25) is 0 Å². The number of unbranched alkanes of at least 4 members (excludes halogenated alkanes) is 8. The first-order valence-corrected chi connectivity index (χ1v) is 13.8. The molecule has 2 amide bonds. The molecule has 10 atom stereocenters. The highest BCUT2D eigenvalue weighted by Crippen LogP contribution is 2.21. The molecule has 0 aromatic carbocycles. The fraction of sp³-hybridized carbons (Fsp3) is 0.920. The summed E-state index contributed by atoms with van der Waals surface area (Å²) in [5.41, 5.74) is 0. The summed E-state index contributed by atoms with van der Waals surface area (Å²) in [7, 11) is 0. The van der Waals surface area contributed by atoms with Crippen LogP contribution in [0.4, 0.5) is 0 Å². The molecule has 14 heteroatoms. The average Bonchev–Trinajstić information content (AvgIpc) is 2.91. The van der Waals surface area contributed by atoms with E-state index in [9.17, 15) is 40.2 Å². The van der Waals surface area contributed by atoms with Gasteiger partial charge in [-0.15, -0.1) is 0 Å². The second-order valence-corrected chi connectivity index (χ2v) is 10.3. The van der Waals surface area contributed by atoms with Crippen LogP contribution in [0.5, 0.6) is 0 Å². The third kappa shape index (κ3) is 10.5. The van der Waals surface area contributed by atoms with E-state index >= 15 is 0 Å². The van der Waals surface area contributed by atoms with Gasteiger partial charge in [-0.1, -0.05) is 44.9 Å². The van der Waals surface area contributed by atoms with Crippen LogP contribution in [0.15, 0.2) is 0 Å². The maximum absolute atomic E-state index is 12.1. The lowest BCUT2D eigenvalue weighted by Crippen LogP contribution is -2.64. The Morgan fingerprint density at radius 1 is 0.513 bits per heavy atom. The highest BCUT2D eigenvalue weighted by molar-refractivity contribution is 5.76. The first-order chi connectivity index (χ1) is 18.6. The summed E-state index contributed by atoms with van der Waals surface area (Å²) in [5, 5.41) is 82.9. The van der Waals surface area contributed by atoms with Gasteiger partial charge in [0.05, 0.1) is 13.2 Å². The van der Waals surface area contributed by atoms with Gasteiger partial charge in [-0.3, -0.25) is 9.59 Å². The molecule has 0 aliphatic carbocycles. The molecule has 39 heavy (non-hydrogen) atoms. The van der Waals surface area contributed by atoms with Crippen LogP contribution < -0.4 is 10.6 Å². The predicted octanol–water partition coefficient (Wildman–Crippen LogP) is -2.89. The second-order valence-electron chi connectivity index (χ2n) is 10.3. The average molecular weight is 567 g/mol. The van der Waals surface area contributed by atoms with Crippen molar-refractivity contribution in [1.29, 1.82) is 0 Å². The molecule has 2 rings (SSSR count).